The Bertz CT molecular complexity index is 1250. The van der Waals surface area contributed by atoms with Gasteiger partial charge in [-0.1, -0.05) is 35.9 Å². The molecule has 34 heavy (non-hydrogen) atoms. The van der Waals surface area contributed by atoms with Crippen molar-refractivity contribution >= 4 is 29.7 Å². The fourth-order valence-electron chi connectivity index (χ4n) is 2.78. The molecular weight excluding hydrogens is 458 g/mol. The smallest absolute Gasteiger partial charge is 0.345 e. The lowest BCUT2D eigenvalue weighted by molar-refractivity contribution is -0.123. The summed E-state index contributed by atoms with van der Waals surface area (Å²) in [4.78, 5) is 24.4. The van der Waals surface area contributed by atoms with Crippen molar-refractivity contribution in [2.24, 2.45) is 5.10 Å². The van der Waals surface area contributed by atoms with Crippen molar-refractivity contribution in [3.8, 4) is 23.3 Å². The molecule has 3 rings (SSSR count). The summed E-state index contributed by atoms with van der Waals surface area (Å²) in [5.41, 5.74) is 3.51. The van der Waals surface area contributed by atoms with Crippen molar-refractivity contribution in [3.05, 3.63) is 88.4 Å². The molecule has 0 fully saturated rings. The van der Waals surface area contributed by atoms with Gasteiger partial charge in [0.25, 0.3) is 5.91 Å². The lowest BCUT2D eigenvalue weighted by Gasteiger charge is -2.12. The van der Waals surface area contributed by atoms with Gasteiger partial charge in [-0.3, -0.25) is 4.79 Å². The maximum absolute atomic E-state index is 12.5. The van der Waals surface area contributed by atoms with Gasteiger partial charge in [-0.15, -0.1) is 0 Å². The summed E-state index contributed by atoms with van der Waals surface area (Å²) in [6.07, 6.45) is 1.41. The van der Waals surface area contributed by atoms with Crippen LogP contribution in [0.2, 0.25) is 5.02 Å². The Morgan fingerprint density at radius 1 is 1.03 bits per heavy atom. The molecule has 0 aliphatic carbocycles. The maximum atomic E-state index is 12.5. The number of para-hydroxylation sites is 1. The van der Waals surface area contributed by atoms with Gasteiger partial charge in [-0.2, -0.15) is 10.4 Å². The molecule has 0 unspecified atom stereocenters. The number of ether oxygens (including phenoxy) is 3. The van der Waals surface area contributed by atoms with E-state index in [1.165, 1.54) is 6.21 Å². The minimum absolute atomic E-state index is 0.220. The van der Waals surface area contributed by atoms with Gasteiger partial charge < -0.3 is 14.2 Å². The van der Waals surface area contributed by atoms with Gasteiger partial charge in [0.15, 0.2) is 18.1 Å². The van der Waals surface area contributed by atoms with Crippen molar-refractivity contribution in [3.63, 3.8) is 0 Å². The highest BCUT2D eigenvalue weighted by molar-refractivity contribution is 6.33. The van der Waals surface area contributed by atoms with Crippen molar-refractivity contribution < 1.29 is 23.8 Å². The highest BCUT2D eigenvalue weighted by Crippen LogP contribution is 2.29. The molecule has 0 saturated carbocycles. The van der Waals surface area contributed by atoms with Crippen LogP contribution in [-0.4, -0.2) is 31.3 Å². The highest BCUT2D eigenvalue weighted by atomic mass is 35.5. The van der Waals surface area contributed by atoms with Crippen molar-refractivity contribution in [1.82, 2.24) is 5.43 Å². The molecule has 1 N–H and O–H groups in total. The second-order valence-corrected chi connectivity index (χ2v) is 7.11. The number of carbonyl (C=O) groups is 2. The molecule has 0 atom stereocenters. The lowest BCUT2D eigenvalue weighted by atomic mass is 10.2. The van der Waals surface area contributed by atoms with E-state index in [0.717, 1.165) is 0 Å². The average Bonchev–Trinajstić information content (AvgIpc) is 2.84. The van der Waals surface area contributed by atoms with Crippen LogP contribution in [0.15, 0.2) is 71.8 Å². The standard InChI is InChI=1S/C25H20ClN3O5/c1-2-32-23-13-17(11-12-22(23)34-25(31)19-8-4-5-9-20(19)26)15-28-29-24(30)16-33-21-10-6-3-7-18(21)14-27/h3-13,15H,2,16H2,1H3,(H,29,30)/b28-15-. The van der Waals surface area contributed by atoms with E-state index in [2.05, 4.69) is 10.5 Å². The van der Waals surface area contributed by atoms with Crippen LogP contribution in [0.3, 0.4) is 0 Å². The number of hydrogen-bond donors (Lipinski definition) is 1. The van der Waals surface area contributed by atoms with E-state index in [1.54, 1.807) is 73.7 Å². The van der Waals surface area contributed by atoms with Gasteiger partial charge in [-0.05, 0) is 55.0 Å². The van der Waals surface area contributed by atoms with Crippen LogP contribution < -0.4 is 19.6 Å². The number of halogens is 1. The second kappa shape index (κ2) is 12.0. The summed E-state index contributed by atoms with van der Waals surface area (Å²) < 4.78 is 16.4. The topological polar surface area (TPSA) is 110 Å². The van der Waals surface area contributed by atoms with E-state index in [4.69, 9.17) is 31.1 Å². The number of hydrazone groups is 1. The summed E-state index contributed by atoms with van der Waals surface area (Å²) in [5, 5.41) is 13.2. The van der Waals surface area contributed by atoms with Gasteiger partial charge in [0, 0.05) is 0 Å². The molecular formula is C25H20ClN3O5. The fourth-order valence-corrected chi connectivity index (χ4v) is 2.99. The third-order valence-corrected chi connectivity index (χ3v) is 4.66. The number of esters is 1. The van der Waals surface area contributed by atoms with Gasteiger partial charge in [0.2, 0.25) is 0 Å². The molecule has 3 aromatic rings. The van der Waals surface area contributed by atoms with Gasteiger partial charge >= 0.3 is 5.97 Å². The number of nitrogens with one attached hydrogen (secondary N) is 1. The third-order valence-electron chi connectivity index (χ3n) is 4.33. The first-order valence-electron chi connectivity index (χ1n) is 10.2. The average molecular weight is 478 g/mol. The molecule has 0 heterocycles. The van der Waals surface area contributed by atoms with E-state index >= 15 is 0 Å². The van der Waals surface area contributed by atoms with Crippen LogP contribution in [0, 0.1) is 11.3 Å². The van der Waals surface area contributed by atoms with Crippen molar-refractivity contribution in [2.45, 2.75) is 6.92 Å². The molecule has 0 spiro atoms. The predicted octanol–water partition coefficient (Wildman–Crippen LogP) is 4.36. The van der Waals surface area contributed by atoms with Crippen molar-refractivity contribution in [2.75, 3.05) is 13.2 Å². The van der Waals surface area contributed by atoms with Crippen LogP contribution >= 0.6 is 11.6 Å². The monoisotopic (exact) mass is 477 g/mol. The molecule has 0 saturated heterocycles. The predicted molar refractivity (Wildman–Crippen MR) is 126 cm³/mol. The van der Waals surface area contributed by atoms with Gasteiger partial charge in [0.05, 0.1) is 29.0 Å². The fraction of sp³-hybridized carbons (Fsp3) is 0.120. The normalized spacial score (nSPS) is 10.4. The Morgan fingerprint density at radius 2 is 1.79 bits per heavy atom. The Morgan fingerprint density at radius 3 is 2.56 bits per heavy atom. The van der Waals surface area contributed by atoms with Crippen LogP contribution in [0.5, 0.6) is 17.2 Å². The Kier molecular flexibility index (Phi) is 8.60. The first-order valence-corrected chi connectivity index (χ1v) is 10.6. The number of hydrogen-bond acceptors (Lipinski definition) is 7. The summed E-state index contributed by atoms with van der Waals surface area (Å²) >= 11 is 6.06. The number of nitrogens with zero attached hydrogens (tertiary/aromatic N) is 2. The molecule has 0 aliphatic rings. The molecule has 9 heteroatoms. The number of carbonyl (C=O) groups excluding carboxylic acids is 2. The zero-order chi connectivity index (χ0) is 24.3. The Hall–Kier alpha value is -4.35. The summed E-state index contributed by atoms with van der Waals surface area (Å²) in [7, 11) is 0. The van der Waals surface area contributed by atoms with Gasteiger partial charge in [0.1, 0.15) is 11.8 Å². The zero-order valence-corrected chi connectivity index (χ0v) is 18.9. The Labute approximate surface area is 201 Å². The van der Waals surface area contributed by atoms with E-state index in [1.807, 2.05) is 6.07 Å². The first kappa shape index (κ1) is 24.3. The van der Waals surface area contributed by atoms with Crippen LogP contribution in [0.4, 0.5) is 0 Å². The quantitative estimate of drug-likeness (QED) is 0.212. The molecule has 172 valence electrons. The van der Waals surface area contributed by atoms with Crippen molar-refractivity contribution in [1.29, 1.82) is 5.26 Å². The number of rotatable bonds is 9. The SMILES string of the molecule is CCOc1cc(/C=N\NC(=O)COc2ccccc2C#N)ccc1OC(=O)c1ccccc1Cl. The van der Waals surface area contributed by atoms with Crippen LogP contribution in [0.1, 0.15) is 28.4 Å². The number of nitriles is 1. The van der Waals surface area contributed by atoms with E-state index < -0.39 is 11.9 Å². The first-order chi connectivity index (χ1) is 16.5. The summed E-state index contributed by atoms with van der Waals surface area (Å²) in [6.45, 7) is 1.83. The van der Waals surface area contributed by atoms with E-state index in [0.29, 0.717) is 29.2 Å². The molecule has 0 bridgehead atoms. The summed E-state index contributed by atoms with van der Waals surface area (Å²) in [6, 6.07) is 20.0. The second-order valence-electron chi connectivity index (χ2n) is 6.70. The minimum Gasteiger partial charge on any atom is -0.490 e. The van der Waals surface area contributed by atoms with Crippen LogP contribution in [-0.2, 0) is 4.79 Å². The molecule has 3 aromatic carbocycles. The largest absolute Gasteiger partial charge is 0.490 e. The zero-order valence-electron chi connectivity index (χ0n) is 18.2. The molecule has 0 radical (unpaired) electrons. The third kappa shape index (κ3) is 6.58. The number of benzene rings is 3. The molecule has 1 amide bonds. The highest BCUT2D eigenvalue weighted by Gasteiger charge is 2.15. The van der Waals surface area contributed by atoms with Crippen LogP contribution in [0.25, 0.3) is 0 Å². The molecule has 0 aliphatic heterocycles. The molecule has 0 aromatic heterocycles. The Balaban J connectivity index is 1.62. The van der Waals surface area contributed by atoms with Gasteiger partial charge in [-0.25, -0.2) is 10.2 Å². The van der Waals surface area contributed by atoms with E-state index in [-0.39, 0.29) is 22.9 Å². The number of amides is 1. The summed E-state index contributed by atoms with van der Waals surface area (Å²) in [5.74, 6) is -0.253. The maximum Gasteiger partial charge on any atom is 0.345 e. The minimum atomic E-state index is -0.613. The lowest BCUT2D eigenvalue weighted by Crippen LogP contribution is -2.24. The van der Waals surface area contributed by atoms with E-state index in [9.17, 15) is 9.59 Å². The molecule has 8 nitrogen and oxygen atoms in total.